The molecule has 0 saturated carbocycles. The molecule has 0 radical (unpaired) electrons. The van der Waals surface area contributed by atoms with Crippen molar-refractivity contribution in [2.45, 2.75) is 19.9 Å². The second-order valence-corrected chi connectivity index (χ2v) is 6.44. The number of amides is 1. The van der Waals surface area contributed by atoms with Gasteiger partial charge in [0.25, 0.3) is 5.91 Å². The second kappa shape index (κ2) is 9.59. The zero-order valence-electron chi connectivity index (χ0n) is 16.9. The van der Waals surface area contributed by atoms with Crippen molar-refractivity contribution >= 4 is 17.3 Å². The summed E-state index contributed by atoms with van der Waals surface area (Å²) < 4.78 is 10.6. The number of carbonyl (C=O) groups is 1. The van der Waals surface area contributed by atoms with Gasteiger partial charge in [-0.3, -0.25) is 9.78 Å². The summed E-state index contributed by atoms with van der Waals surface area (Å²) in [6.45, 7) is 2.63. The number of pyridine rings is 1. The Morgan fingerprint density at radius 3 is 2.55 bits per heavy atom. The molecular weight excluding hydrogens is 366 g/mol. The van der Waals surface area contributed by atoms with Crippen molar-refractivity contribution in [2.75, 3.05) is 24.9 Å². The van der Waals surface area contributed by atoms with E-state index in [2.05, 4.69) is 22.5 Å². The first-order chi connectivity index (χ1) is 14.1. The molecule has 0 unspecified atom stereocenters. The van der Waals surface area contributed by atoms with Crippen molar-refractivity contribution in [2.24, 2.45) is 0 Å². The van der Waals surface area contributed by atoms with Crippen LogP contribution in [0, 0.1) is 0 Å². The molecule has 0 fully saturated rings. The van der Waals surface area contributed by atoms with Crippen LogP contribution in [-0.4, -0.2) is 25.1 Å². The predicted octanol–water partition coefficient (Wildman–Crippen LogP) is 4.53. The summed E-state index contributed by atoms with van der Waals surface area (Å²) in [7, 11) is 3.22. The molecule has 3 aromatic rings. The van der Waals surface area contributed by atoms with E-state index in [1.807, 2.05) is 48.5 Å². The van der Waals surface area contributed by atoms with Crippen LogP contribution in [0.1, 0.15) is 28.5 Å². The van der Waals surface area contributed by atoms with E-state index in [1.54, 1.807) is 26.5 Å². The van der Waals surface area contributed by atoms with Crippen LogP contribution >= 0.6 is 0 Å². The first-order valence-corrected chi connectivity index (χ1v) is 9.44. The Kier molecular flexibility index (Phi) is 6.68. The topological polar surface area (TPSA) is 72.5 Å². The van der Waals surface area contributed by atoms with Crippen molar-refractivity contribution in [3.8, 4) is 11.5 Å². The molecular formula is C23H25N3O3. The number of nitrogens with one attached hydrogen (secondary N) is 2. The molecule has 3 rings (SSSR count). The number of hydrogen-bond donors (Lipinski definition) is 2. The molecule has 1 heterocycles. The van der Waals surface area contributed by atoms with Crippen LogP contribution in [0.5, 0.6) is 11.5 Å². The zero-order valence-corrected chi connectivity index (χ0v) is 16.9. The fourth-order valence-electron chi connectivity index (χ4n) is 3.00. The van der Waals surface area contributed by atoms with E-state index in [-0.39, 0.29) is 5.91 Å². The summed E-state index contributed by atoms with van der Waals surface area (Å²) in [5.74, 6) is 1.13. The third-order valence-corrected chi connectivity index (χ3v) is 4.58. The van der Waals surface area contributed by atoms with Crippen molar-refractivity contribution in [1.29, 1.82) is 0 Å². The maximum Gasteiger partial charge on any atom is 0.274 e. The van der Waals surface area contributed by atoms with Crippen molar-refractivity contribution in [3.05, 3.63) is 77.6 Å². The van der Waals surface area contributed by atoms with E-state index in [0.29, 0.717) is 23.7 Å². The summed E-state index contributed by atoms with van der Waals surface area (Å²) in [6.07, 6.45) is 2.47. The highest BCUT2D eigenvalue weighted by Crippen LogP contribution is 2.28. The number of aromatic nitrogens is 1. The molecule has 6 nitrogen and oxygen atoms in total. The lowest BCUT2D eigenvalue weighted by Gasteiger charge is -2.12. The molecule has 2 aromatic carbocycles. The number of para-hydroxylation sites is 1. The van der Waals surface area contributed by atoms with E-state index in [4.69, 9.17) is 9.47 Å². The summed E-state index contributed by atoms with van der Waals surface area (Å²) in [5.41, 5.74) is 4.09. The van der Waals surface area contributed by atoms with Crippen LogP contribution < -0.4 is 20.1 Å². The zero-order chi connectivity index (χ0) is 20.6. The smallest absolute Gasteiger partial charge is 0.274 e. The van der Waals surface area contributed by atoms with Gasteiger partial charge in [0.1, 0.15) is 5.69 Å². The number of aryl methyl sites for hydroxylation is 1. The van der Waals surface area contributed by atoms with E-state index in [1.165, 1.54) is 0 Å². The minimum absolute atomic E-state index is 0.235. The lowest BCUT2D eigenvalue weighted by Crippen LogP contribution is -2.15. The van der Waals surface area contributed by atoms with Gasteiger partial charge in [-0.15, -0.1) is 0 Å². The van der Waals surface area contributed by atoms with E-state index in [9.17, 15) is 4.79 Å². The number of carbonyl (C=O) groups excluding carboxylic acids is 1. The number of anilines is 2. The number of nitrogens with zero attached hydrogens (tertiary/aromatic N) is 1. The van der Waals surface area contributed by atoms with Crippen molar-refractivity contribution in [3.63, 3.8) is 0 Å². The Bertz CT molecular complexity index is 989. The predicted molar refractivity (Wildman–Crippen MR) is 115 cm³/mol. The molecule has 0 bridgehead atoms. The van der Waals surface area contributed by atoms with Crippen LogP contribution in [0.15, 0.2) is 60.8 Å². The van der Waals surface area contributed by atoms with Gasteiger partial charge in [0, 0.05) is 24.1 Å². The molecule has 0 saturated heterocycles. The highest BCUT2D eigenvalue weighted by Gasteiger charge is 2.11. The van der Waals surface area contributed by atoms with Crippen molar-refractivity contribution in [1.82, 2.24) is 4.98 Å². The lowest BCUT2D eigenvalue weighted by molar-refractivity contribution is 0.102. The normalized spacial score (nSPS) is 10.3. The van der Waals surface area contributed by atoms with Gasteiger partial charge in [-0.05, 0) is 47.9 Å². The summed E-state index contributed by atoms with van der Waals surface area (Å²) in [4.78, 5) is 16.8. The third kappa shape index (κ3) is 5.04. The highest BCUT2D eigenvalue weighted by molar-refractivity contribution is 6.03. The van der Waals surface area contributed by atoms with Gasteiger partial charge in [0.2, 0.25) is 0 Å². The molecule has 2 N–H and O–H groups in total. The van der Waals surface area contributed by atoms with Crippen LogP contribution in [-0.2, 0) is 13.0 Å². The highest BCUT2D eigenvalue weighted by atomic mass is 16.5. The number of hydrogen-bond acceptors (Lipinski definition) is 5. The number of ether oxygens (including phenoxy) is 2. The summed E-state index contributed by atoms with van der Waals surface area (Å²) in [6, 6.07) is 17.1. The molecule has 150 valence electrons. The van der Waals surface area contributed by atoms with Crippen LogP contribution in [0.3, 0.4) is 0 Å². The largest absolute Gasteiger partial charge is 0.493 e. The van der Waals surface area contributed by atoms with E-state index < -0.39 is 0 Å². The molecule has 6 heteroatoms. The molecule has 1 amide bonds. The van der Waals surface area contributed by atoms with Gasteiger partial charge in [0.05, 0.1) is 14.2 Å². The summed E-state index contributed by atoms with van der Waals surface area (Å²) >= 11 is 0. The first-order valence-electron chi connectivity index (χ1n) is 9.44. The monoisotopic (exact) mass is 391 g/mol. The average molecular weight is 391 g/mol. The Morgan fingerprint density at radius 1 is 1.00 bits per heavy atom. The number of rotatable bonds is 8. The Labute approximate surface area is 170 Å². The van der Waals surface area contributed by atoms with Crippen LogP contribution in [0.2, 0.25) is 0 Å². The molecule has 0 spiro atoms. The fraction of sp³-hybridized carbons (Fsp3) is 0.217. The van der Waals surface area contributed by atoms with Crippen LogP contribution in [0.25, 0.3) is 0 Å². The SMILES string of the molecule is CCc1ccccc1NC(=O)c1cc(NCc2ccc(OC)c(OC)c2)ccn1. The average Bonchev–Trinajstić information content (AvgIpc) is 2.78. The Balaban J connectivity index is 1.68. The van der Waals surface area contributed by atoms with E-state index in [0.717, 1.165) is 28.9 Å². The molecule has 0 atom stereocenters. The fourth-order valence-corrected chi connectivity index (χ4v) is 3.00. The van der Waals surface area contributed by atoms with Gasteiger partial charge >= 0.3 is 0 Å². The van der Waals surface area contributed by atoms with Gasteiger partial charge in [-0.2, -0.15) is 0 Å². The molecule has 1 aromatic heterocycles. The quantitative estimate of drug-likeness (QED) is 0.590. The minimum Gasteiger partial charge on any atom is -0.493 e. The number of methoxy groups -OCH3 is 2. The number of benzene rings is 2. The van der Waals surface area contributed by atoms with Gasteiger partial charge in [-0.25, -0.2) is 0 Å². The molecule has 0 aliphatic heterocycles. The van der Waals surface area contributed by atoms with Gasteiger partial charge < -0.3 is 20.1 Å². The Morgan fingerprint density at radius 2 is 1.79 bits per heavy atom. The minimum atomic E-state index is -0.235. The second-order valence-electron chi connectivity index (χ2n) is 6.44. The molecule has 0 aliphatic carbocycles. The van der Waals surface area contributed by atoms with Crippen molar-refractivity contribution < 1.29 is 14.3 Å². The van der Waals surface area contributed by atoms with Gasteiger partial charge in [0.15, 0.2) is 11.5 Å². The van der Waals surface area contributed by atoms with Crippen LogP contribution in [0.4, 0.5) is 11.4 Å². The summed E-state index contributed by atoms with van der Waals surface area (Å²) in [5, 5.41) is 6.26. The molecule has 0 aliphatic rings. The maximum absolute atomic E-state index is 12.6. The maximum atomic E-state index is 12.6. The first kappa shape index (κ1) is 20.2. The van der Waals surface area contributed by atoms with Gasteiger partial charge in [-0.1, -0.05) is 31.2 Å². The molecule has 29 heavy (non-hydrogen) atoms. The third-order valence-electron chi connectivity index (χ3n) is 4.58. The Hall–Kier alpha value is -3.54. The standard InChI is InChI=1S/C23H25N3O3/c1-4-17-7-5-6-8-19(17)26-23(27)20-14-18(11-12-24-20)25-15-16-9-10-21(28-2)22(13-16)29-3/h5-14H,4,15H2,1-3H3,(H,24,25)(H,26,27). The van der Waals surface area contributed by atoms with E-state index >= 15 is 0 Å². The lowest BCUT2D eigenvalue weighted by atomic mass is 10.1.